The summed E-state index contributed by atoms with van der Waals surface area (Å²) in [6, 6.07) is 5.31. The Morgan fingerprint density at radius 1 is 1.28 bits per heavy atom. The summed E-state index contributed by atoms with van der Waals surface area (Å²) in [5.41, 5.74) is 6.75. The molecule has 1 saturated heterocycles. The Labute approximate surface area is 112 Å². The van der Waals surface area contributed by atoms with Crippen LogP contribution in [0.1, 0.15) is 17.3 Å². The second kappa shape index (κ2) is 5.59. The number of hydrogen-bond donors (Lipinski definition) is 1. The number of hydrogen-bond acceptors (Lipinski definition) is 3. The van der Waals surface area contributed by atoms with Crippen LogP contribution in [0.2, 0.25) is 5.02 Å². The van der Waals surface area contributed by atoms with Crippen LogP contribution in [0.15, 0.2) is 18.2 Å². The third-order valence-electron chi connectivity index (χ3n) is 3.35. The van der Waals surface area contributed by atoms with Gasteiger partial charge in [-0.3, -0.25) is 4.79 Å². The number of halogens is 1. The van der Waals surface area contributed by atoms with Crippen LogP contribution in [-0.4, -0.2) is 43.5 Å². The molecule has 5 heteroatoms. The monoisotopic (exact) mass is 267 g/mol. The van der Waals surface area contributed by atoms with Crippen molar-refractivity contribution in [3.8, 4) is 0 Å². The summed E-state index contributed by atoms with van der Waals surface area (Å²) < 4.78 is 0. The van der Waals surface area contributed by atoms with Gasteiger partial charge in [0.05, 0.1) is 0 Å². The summed E-state index contributed by atoms with van der Waals surface area (Å²) in [6.07, 6.45) is 0. The van der Waals surface area contributed by atoms with Gasteiger partial charge in [0.1, 0.15) is 0 Å². The zero-order valence-corrected chi connectivity index (χ0v) is 11.3. The highest BCUT2D eigenvalue weighted by Gasteiger charge is 2.17. The molecule has 0 saturated carbocycles. The molecule has 0 aliphatic carbocycles. The number of anilines is 1. The Balaban J connectivity index is 2.16. The highest BCUT2D eigenvalue weighted by Crippen LogP contribution is 2.23. The minimum absolute atomic E-state index is 0.439. The van der Waals surface area contributed by atoms with Crippen LogP contribution < -0.4 is 10.6 Å². The second-order valence-corrected chi connectivity index (χ2v) is 4.92. The number of nitrogens with zero attached hydrogens (tertiary/aromatic N) is 2. The van der Waals surface area contributed by atoms with Gasteiger partial charge in [0, 0.05) is 42.5 Å². The molecule has 1 fully saturated rings. The van der Waals surface area contributed by atoms with Gasteiger partial charge in [-0.2, -0.15) is 0 Å². The number of rotatable bonds is 3. The lowest BCUT2D eigenvalue weighted by molar-refractivity contribution is 0.100. The Bertz CT molecular complexity index is 442. The van der Waals surface area contributed by atoms with Gasteiger partial charge in [-0.15, -0.1) is 0 Å². The number of amides is 1. The van der Waals surface area contributed by atoms with Gasteiger partial charge in [0.15, 0.2) is 0 Å². The first-order valence-electron chi connectivity index (χ1n) is 6.18. The van der Waals surface area contributed by atoms with E-state index in [1.807, 2.05) is 12.1 Å². The van der Waals surface area contributed by atoms with Gasteiger partial charge in [-0.05, 0) is 24.7 Å². The van der Waals surface area contributed by atoms with Gasteiger partial charge in [0.25, 0.3) is 0 Å². The standard InChI is InChI=1S/C13H18ClN3O/c1-2-16-3-5-17(6-4-16)12-8-10(13(15)18)7-11(14)9-12/h7-9H,2-6H2,1H3,(H2,15,18). The van der Waals surface area contributed by atoms with E-state index in [0.717, 1.165) is 38.4 Å². The lowest BCUT2D eigenvalue weighted by Crippen LogP contribution is -2.46. The molecule has 18 heavy (non-hydrogen) atoms. The van der Waals surface area contributed by atoms with E-state index < -0.39 is 5.91 Å². The Morgan fingerprint density at radius 3 is 2.50 bits per heavy atom. The molecule has 0 radical (unpaired) electrons. The van der Waals surface area contributed by atoms with Crippen LogP contribution in [0.4, 0.5) is 5.69 Å². The SMILES string of the molecule is CCN1CCN(c2cc(Cl)cc(C(N)=O)c2)CC1. The topological polar surface area (TPSA) is 49.6 Å². The number of likely N-dealkylation sites (N-methyl/N-ethyl adjacent to an activating group) is 1. The van der Waals surface area contributed by atoms with Crippen molar-refractivity contribution in [3.05, 3.63) is 28.8 Å². The second-order valence-electron chi connectivity index (χ2n) is 4.48. The summed E-state index contributed by atoms with van der Waals surface area (Å²) in [5.74, 6) is -0.439. The molecule has 1 aliphatic heterocycles. The summed E-state index contributed by atoms with van der Waals surface area (Å²) >= 11 is 6.02. The molecule has 0 atom stereocenters. The molecule has 0 unspecified atom stereocenters. The molecule has 1 amide bonds. The van der Waals surface area contributed by atoms with E-state index in [1.165, 1.54) is 0 Å². The number of nitrogens with two attached hydrogens (primary N) is 1. The average molecular weight is 268 g/mol. The van der Waals surface area contributed by atoms with E-state index >= 15 is 0 Å². The molecule has 1 aromatic rings. The predicted molar refractivity (Wildman–Crippen MR) is 74.3 cm³/mol. The van der Waals surface area contributed by atoms with Gasteiger partial charge >= 0.3 is 0 Å². The molecule has 1 aliphatic rings. The smallest absolute Gasteiger partial charge is 0.248 e. The van der Waals surface area contributed by atoms with Crippen LogP contribution >= 0.6 is 11.6 Å². The van der Waals surface area contributed by atoms with Crippen molar-refractivity contribution >= 4 is 23.2 Å². The summed E-state index contributed by atoms with van der Waals surface area (Å²) in [5, 5.41) is 0.555. The van der Waals surface area contributed by atoms with Crippen molar-refractivity contribution < 1.29 is 4.79 Å². The van der Waals surface area contributed by atoms with E-state index in [9.17, 15) is 4.79 Å². The molecule has 1 aromatic carbocycles. The lowest BCUT2D eigenvalue weighted by Gasteiger charge is -2.35. The van der Waals surface area contributed by atoms with Crippen molar-refractivity contribution in [1.29, 1.82) is 0 Å². The largest absolute Gasteiger partial charge is 0.369 e. The molecular weight excluding hydrogens is 250 g/mol. The fraction of sp³-hybridized carbons (Fsp3) is 0.462. The lowest BCUT2D eigenvalue weighted by atomic mass is 10.1. The minimum atomic E-state index is -0.439. The van der Waals surface area contributed by atoms with E-state index in [2.05, 4.69) is 16.7 Å². The maximum Gasteiger partial charge on any atom is 0.248 e. The van der Waals surface area contributed by atoms with E-state index in [1.54, 1.807) is 6.07 Å². The normalized spacial score (nSPS) is 16.9. The van der Waals surface area contributed by atoms with Crippen LogP contribution in [0.25, 0.3) is 0 Å². The predicted octanol–water partition coefficient (Wildman–Crippen LogP) is 1.58. The molecule has 1 heterocycles. The third kappa shape index (κ3) is 2.94. The first kappa shape index (κ1) is 13.2. The number of carbonyl (C=O) groups excluding carboxylic acids is 1. The van der Waals surface area contributed by atoms with Crippen LogP contribution in [-0.2, 0) is 0 Å². The van der Waals surface area contributed by atoms with Crippen molar-refractivity contribution in [2.24, 2.45) is 5.73 Å². The van der Waals surface area contributed by atoms with E-state index in [4.69, 9.17) is 17.3 Å². The van der Waals surface area contributed by atoms with Crippen LogP contribution in [0.5, 0.6) is 0 Å². The fourth-order valence-electron chi connectivity index (χ4n) is 2.22. The van der Waals surface area contributed by atoms with Gasteiger partial charge in [-0.1, -0.05) is 18.5 Å². The Hall–Kier alpha value is -1.26. The van der Waals surface area contributed by atoms with E-state index in [-0.39, 0.29) is 0 Å². The van der Waals surface area contributed by atoms with Gasteiger partial charge in [-0.25, -0.2) is 0 Å². The summed E-state index contributed by atoms with van der Waals surface area (Å²) in [4.78, 5) is 15.9. The molecule has 0 aromatic heterocycles. The van der Waals surface area contributed by atoms with Crippen LogP contribution in [0.3, 0.4) is 0 Å². The molecule has 2 rings (SSSR count). The molecule has 0 bridgehead atoms. The maximum atomic E-state index is 11.2. The molecule has 0 spiro atoms. The zero-order valence-electron chi connectivity index (χ0n) is 10.5. The highest BCUT2D eigenvalue weighted by atomic mass is 35.5. The fourth-order valence-corrected chi connectivity index (χ4v) is 2.45. The number of primary amides is 1. The average Bonchev–Trinajstić information content (AvgIpc) is 2.38. The quantitative estimate of drug-likeness (QED) is 0.905. The minimum Gasteiger partial charge on any atom is -0.369 e. The van der Waals surface area contributed by atoms with Crippen molar-refractivity contribution in [2.75, 3.05) is 37.6 Å². The summed E-state index contributed by atoms with van der Waals surface area (Å²) in [6.45, 7) is 7.22. The first-order chi connectivity index (χ1) is 8.60. The molecular formula is C13H18ClN3O. The Morgan fingerprint density at radius 2 is 1.94 bits per heavy atom. The summed E-state index contributed by atoms with van der Waals surface area (Å²) in [7, 11) is 0. The van der Waals surface area contributed by atoms with Crippen molar-refractivity contribution in [2.45, 2.75) is 6.92 Å². The maximum absolute atomic E-state index is 11.2. The van der Waals surface area contributed by atoms with Gasteiger partial charge in [0.2, 0.25) is 5.91 Å². The molecule has 2 N–H and O–H groups in total. The number of carbonyl (C=O) groups is 1. The van der Waals surface area contributed by atoms with E-state index in [0.29, 0.717) is 10.6 Å². The molecule has 98 valence electrons. The molecule has 4 nitrogen and oxygen atoms in total. The first-order valence-corrected chi connectivity index (χ1v) is 6.55. The number of piperazine rings is 1. The highest BCUT2D eigenvalue weighted by molar-refractivity contribution is 6.31. The van der Waals surface area contributed by atoms with Crippen molar-refractivity contribution in [3.63, 3.8) is 0 Å². The van der Waals surface area contributed by atoms with Crippen molar-refractivity contribution in [1.82, 2.24) is 4.90 Å². The van der Waals surface area contributed by atoms with Gasteiger partial charge < -0.3 is 15.5 Å². The number of benzene rings is 1. The third-order valence-corrected chi connectivity index (χ3v) is 3.57. The Kier molecular flexibility index (Phi) is 4.09. The van der Waals surface area contributed by atoms with Crippen LogP contribution in [0, 0.1) is 0 Å². The zero-order chi connectivity index (χ0) is 13.1.